The third-order valence-corrected chi connectivity index (χ3v) is 6.77. The van der Waals surface area contributed by atoms with Crippen molar-refractivity contribution in [3.8, 4) is 5.75 Å². The van der Waals surface area contributed by atoms with Gasteiger partial charge in [0.15, 0.2) is 0 Å². The maximum atomic E-state index is 13.4. The highest BCUT2D eigenvalue weighted by molar-refractivity contribution is 7.92. The number of benzene rings is 2. The number of hydrogen-bond donors (Lipinski definition) is 1. The number of aryl methyl sites for hydroxylation is 1. The average Bonchev–Trinajstić information content (AvgIpc) is 2.74. The minimum atomic E-state index is -3.87. The number of likely N-dealkylation sites (N-methyl/N-ethyl adjacent to an activating group) is 1. The molecule has 0 heterocycles. The number of nitrogens with zero attached hydrogens (tertiary/aromatic N) is 2. The van der Waals surface area contributed by atoms with Crippen LogP contribution in [0.5, 0.6) is 5.75 Å². The zero-order valence-electron chi connectivity index (χ0n) is 19.1. The molecule has 0 unspecified atom stereocenters. The van der Waals surface area contributed by atoms with Crippen molar-refractivity contribution in [3.63, 3.8) is 0 Å². The lowest BCUT2D eigenvalue weighted by atomic mass is 10.1. The second-order valence-corrected chi connectivity index (χ2v) is 10.2. The van der Waals surface area contributed by atoms with Crippen molar-refractivity contribution < 1.29 is 22.7 Å². The predicted molar refractivity (Wildman–Crippen MR) is 130 cm³/mol. The molecule has 2 amide bonds. The quantitative estimate of drug-likeness (QED) is 0.552. The van der Waals surface area contributed by atoms with Crippen LogP contribution >= 0.6 is 23.2 Å². The second-order valence-electron chi connectivity index (χ2n) is 7.49. The van der Waals surface area contributed by atoms with Crippen molar-refractivity contribution in [2.45, 2.75) is 26.4 Å². The first-order valence-corrected chi connectivity index (χ1v) is 12.6. The lowest BCUT2D eigenvalue weighted by Gasteiger charge is -2.31. The molecule has 0 aliphatic rings. The number of halogens is 2. The maximum Gasteiger partial charge on any atom is 0.244 e. The zero-order valence-corrected chi connectivity index (χ0v) is 21.4. The Hall–Kier alpha value is -2.49. The molecular formula is C22H27Cl2N3O5S. The molecular weight excluding hydrogens is 489 g/mol. The van der Waals surface area contributed by atoms with Crippen LogP contribution in [-0.4, -0.2) is 58.1 Å². The molecule has 2 rings (SSSR count). The van der Waals surface area contributed by atoms with Crippen LogP contribution in [0.4, 0.5) is 5.69 Å². The predicted octanol–water partition coefficient (Wildman–Crippen LogP) is 3.24. The number of methoxy groups -OCH3 is 1. The van der Waals surface area contributed by atoms with Crippen LogP contribution in [0.3, 0.4) is 0 Å². The fourth-order valence-corrected chi connectivity index (χ4v) is 4.53. The summed E-state index contributed by atoms with van der Waals surface area (Å²) in [5.74, 6) is -0.705. The SMILES string of the molecule is CNC(=O)[C@@H](C)N(Cc1ccc(Cl)cc1Cl)C(=O)CN(c1cc(C)ccc1OC)S(C)(=O)=O. The second kappa shape index (κ2) is 11.1. The first-order chi connectivity index (χ1) is 15.4. The smallest absolute Gasteiger partial charge is 0.244 e. The number of carbonyl (C=O) groups is 2. The van der Waals surface area contributed by atoms with Gasteiger partial charge in [-0.2, -0.15) is 0 Å². The third kappa shape index (κ3) is 6.75. The molecule has 0 aromatic heterocycles. The van der Waals surface area contributed by atoms with Crippen molar-refractivity contribution in [3.05, 3.63) is 57.6 Å². The number of sulfonamides is 1. The maximum absolute atomic E-state index is 13.4. The number of hydrogen-bond acceptors (Lipinski definition) is 5. The van der Waals surface area contributed by atoms with Crippen LogP contribution in [0.15, 0.2) is 36.4 Å². The number of amides is 2. The van der Waals surface area contributed by atoms with Crippen molar-refractivity contribution in [1.82, 2.24) is 10.2 Å². The third-order valence-electron chi connectivity index (χ3n) is 5.05. The van der Waals surface area contributed by atoms with Crippen molar-refractivity contribution in [1.29, 1.82) is 0 Å². The van der Waals surface area contributed by atoms with Gasteiger partial charge in [-0.05, 0) is 49.2 Å². The van der Waals surface area contributed by atoms with E-state index in [1.807, 2.05) is 0 Å². The number of anilines is 1. The van der Waals surface area contributed by atoms with Gasteiger partial charge in [0.05, 0.1) is 19.1 Å². The van der Waals surface area contributed by atoms with Crippen molar-refractivity contribution >= 4 is 50.7 Å². The van der Waals surface area contributed by atoms with Crippen LogP contribution in [0.2, 0.25) is 10.0 Å². The van der Waals surface area contributed by atoms with Gasteiger partial charge in [0.25, 0.3) is 0 Å². The van der Waals surface area contributed by atoms with E-state index in [9.17, 15) is 18.0 Å². The molecule has 0 saturated heterocycles. The van der Waals surface area contributed by atoms with Crippen molar-refractivity contribution in [2.24, 2.45) is 0 Å². The standard InChI is InChI=1S/C22H27Cl2N3O5S/c1-14-6-9-20(32-4)19(10-14)27(33(5,30)31)13-21(28)26(15(2)22(29)25-3)12-16-7-8-17(23)11-18(16)24/h6-11,15H,12-13H2,1-5H3,(H,25,29)/t15-/m1/s1. The molecule has 0 aliphatic carbocycles. The normalized spacial score (nSPS) is 12.1. The molecule has 2 aromatic carbocycles. The Bertz CT molecular complexity index is 1140. The van der Waals surface area contributed by atoms with Gasteiger partial charge in [0.2, 0.25) is 21.8 Å². The topological polar surface area (TPSA) is 96.0 Å². The number of ether oxygens (including phenoxy) is 1. The molecule has 33 heavy (non-hydrogen) atoms. The minimum absolute atomic E-state index is 0.0218. The molecule has 0 fully saturated rings. The molecule has 0 aliphatic heterocycles. The molecule has 0 radical (unpaired) electrons. The van der Waals surface area contributed by atoms with Crippen LogP contribution in [-0.2, 0) is 26.2 Å². The fraction of sp³-hybridized carbons (Fsp3) is 0.364. The summed E-state index contributed by atoms with van der Waals surface area (Å²) < 4.78 is 31.6. The van der Waals surface area contributed by atoms with Gasteiger partial charge in [-0.15, -0.1) is 0 Å². The van der Waals surface area contributed by atoms with E-state index in [-0.39, 0.29) is 12.2 Å². The van der Waals surface area contributed by atoms with E-state index in [1.54, 1.807) is 44.2 Å². The Morgan fingerprint density at radius 2 is 1.82 bits per heavy atom. The monoisotopic (exact) mass is 515 g/mol. The van der Waals surface area contributed by atoms with Gasteiger partial charge < -0.3 is 15.0 Å². The summed E-state index contributed by atoms with van der Waals surface area (Å²) >= 11 is 12.2. The Labute approximate surface area is 204 Å². The van der Waals surface area contributed by atoms with E-state index in [0.717, 1.165) is 16.1 Å². The summed E-state index contributed by atoms with van der Waals surface area (Å²) in [6.07, 6.45) is 1.00. The van der Waals surface area contributed by atoms with Crippen LogP contribution in [0.25, 0.3) is 0 Å². The highest BCUT2D eigenvalue weighted by atomic mass is 35.5. The summed E-state index contributed by atoms with van der Waals surface area (Å²) in [4.78, 5) is 27.1. The first kappa shape index (κ1) is 26.8. The molecule has 2 aromatic rings. The lowest BCUT2D eigenvalue weighted by Crippen LogP contribution is -2.50. The number of carbonyl (C=O) groups excluding carboxylic acids is 2. The Kier molecular flexibility index (Phi) is 8.99. The molecule has 1 atom stereocenters. The average molecular weight is 516 g/mol. The van der Waals surface area contributed by atoms with E-state index in [1.165, 1.54) is 25.1 Å². The van der Waals surface area contributed by atoms with Crippen LogP contribution < -0.4 is 14.4 Å². The molecule has 0 saturated carbocycles. The summed E-state index contributed by atoms with van der Waals surface area (Å²) in [6, 6.07) is 8.94. The Morgan fingerprint density at radius 3 is 2.36 bits per heavy atom. The largest absolute Gasteiger partial charge is 0.495 e. The molecule has 0 bridgehead atoms. The Balaban J connectivity index is 2.49. The van der Waals surface area contributed by atoms with Crippen LogP contribution in [0.1, 0.15) is 18.1 Å². The molecule has 180 valence electrons. The van der Waals surface area contributed by atoms with E-state index >= 15 is 0 Å². The Morgan fingerprint density at radius 1 is 1.15 bits per heavy atom. The minimum Gasteiger partial charge on any atom is -0.495 e. The first-order valence-electron chi connectivity index (χ1n) is 9.96. The summed E-state index contributed by atoms with van der Waals surface area (Å²) in [7, 11) is -1.00. The van der Waals surface area contributed by atoms with E-state index in [2.05, 4.69) is 5.32 Å². The van der Waals surface area contributed by atoms with Crippen molar-refractivity contribution in [2.75, 3.05) is 31.3 Å². The van der Waals surface area contributed by atoms with E-state index < -0.39 is 34.4 Å². The zero-order chi connectivity index (χ0) is 24.9. The number of nitrogens with one attached hydrogen (secondary N) is 1. The van der Waals surface area contributed by atoms with Crippen LogP contribution in [0, 0.1) is 6.92 Å². The lowest BCUT2D eigenvalue weighted by molar-refractivity contribution is -0.139. The summed E-state index contributed by atoms with van der Waals surface area (Å²) in [5.41, 5.74) is 1.57. The van der Waals surface area contributed by atoms with Gasteiger partial charge in [0, 0.05) is 23.6 Å². The highest BCUT2D eigenvalue weighted by Crippen LogP contribution is 2.31. The van der Waals surface area contributed by atoms with E-state index in [0.29, 0.717) is 21.4 Å². The summed E-state index contributed by atoms with van der Waals surface area (Å²) in [5, 5.41) is 3.26. The highest BCUT2D eigenvalue weighted by Gasteiger charge is 2.31. The molecule has 8 nitrogen and oxygen atoms in total. The van der Waals surface area contributed by atoms with Gasteiger partial charge >= 0.3 is 0 Å². The fourth-order valence-electron chi connectivity index (χ4n) is 3.21. The van der Waals surface area contributed by atoms with Gasteiger partial charge in [0.1, 0.15) is 18.3 Å². The number of rotatable bonds is 9. The van der Waals surface area contributed by atoms with Gasteiger partial charge in [-0.1, -0.05) is 35.3 Å². The van der Waals surface area contributed by atoms with E-state index in [4.69, 9.17) is 27.9 Å². The molecule has 1 N–H and O–H groups in total. The molecule has 11 heteroatoms. The summed E-state index contributed by atoms with van der Waals surface area (Å²) in [6.45, 7) is 2.80. The van der Waals surface area contributed by atoms with Gasteiger partial charge in [-0.25, -0.2) is 8.42 Å². The van der Waals surface area contributed by atoms with Gasteiger partial charge in [-0.3, -0.25) is 13.9 Å². The molecule has 0 spiro atoms.